The molecule has 2 aromatic carbocycles. The number of hydrogen-bond donors (Lipinski definition) is 2. The molecule has 0 saturated carbocycles. The normalized spacial score (nSPS) is 15.2. The highest BCUT2D eigenvalue weighted by Crippen LogP contribution is 2.30. The van der Waals surface area contributed by atoms with Crippen LogP contribution in [0.2, 0.25) is 0 Å². The lowest BCUT2D eigenvalue weighted by molar-refractivity contribution is 0.0472. The highest BCUT2D eigenvalue weighted by molar-refractivity contribution is 7.13. The van der Waals surface area contributed by atoms with E-state index in [0.29, 0.717) is 24.7 Å². The second kappa shape index (κ2) is 9.41. The van der Waals surface area contributed by atoms with Crippen LogP contribution in [0, 0.1) is 6.92 Å². The molecule has 2 heterocycles. The van der Waals surface area contributed by atoms with Crippen LogP contribution < -0.4 is 15.4 Å². The number of benzene rings is 2. The van der Waals surface area contributed by atoms with Crippen LogP contribution >= 0.6 is 11.3 Å². The van der Waals surface area contributed by atoms with Gasteiger partial charge in [-0.2, -0.15) is 0 Å². The fourth-order valence-corrected chi connectivity index (χ4v) is 3.73. The number of thiazole rings is 1. The smallest absolute Gasteiger partial charge is 0.321 e. The highest BCUT2D eigenvalue weighted by atomic mass is 32.1. The van der Waals surface area contributed by atoms with Crippen molar-refractivity contribution in [3.63, 3.8) is 0 Å². The summed E-state index contributed by atoms with van der Waals surface area (Å²) in [6.45, 7) is 2.57. The number of hydrogen-bond acceptors (Lipinski definition) is 6. The first-order valence-corrected chi connectivity index (χ1v) is 10.5. The van der Waals surface area contributed by atoms with Gasteiger partial charge in [0.25, 0.3) is 0 Å². The number of carbonyl (C=O) groups excluding carboxylic acids is 1. The zero-order chi connectivity index (χ0) is 20.8. The van der Waals surface area contributed by atoms with E-state index in [9.17, 15) is 4.79 Å². The van der Waals surface area contributed by atoms with Gasteiger partial charge in [-0.3, -0.25) is 5.32 Å². The molecule has 1 aromatic heterocycles. The summed E-state index contributed by atoms with van der Waals surface area (Å²) >= 11 is 1.39. The first-order chi connectivity index (χ1) is 14.7. The number of urea groups is 1. The van der Waals surface area contributed by atoms with E-state index in [4.69, 9.17) is 9.57 Å². The van der Waals surface area contributed by atoms with Crippen LogP contribution in [0.3, 0.4) is 0 Å². The van der Waals surface area contributed by atoms with Gasteiger partial charge in [-0.15, -0.1) is 11.3 Å². The number of anilines is 1. The third-order valence-electron chi connectivity index (χ3n) is 4.48. The topological polar surface area (TPSA) is 84.8 Å². The van der Waals surface area contributed by atoms with E-state index in [0.717, 1.165) is 28.3 Å². The van der Waals surface area contributed by atoms with Gasteiger partial charge in [-0.05, 0) is 18.6 Å². The summed E-state index contributed by atoms with van der Waals surface area (Å²) in [6.07, 6.45) is 0.416. The summed E-state index contributed by atoms with van der Waals surface area (Å²) in [7, 11) is 0. The third-order valence-corrected chi connectivity index (χ3v) is 5.36. The van der Waals surface area contributed by atoms with Gasteiger partial charge in [0, 0.05) is 17.4 Å². The lowest BCUT2D eigenvalue weighted by atomic mass is 10.0. The lowest BCUT2D eigenvalue weighted by Crippen LogP contribution is -2.33. The van der Waals surface area contributed by atoms with Crippen molar-refractivity contribution in [2.24, 2.45) is 5.16 Å². The minimum atomic E-state index is -0.316. The predicted octanol–water partition coefficient (Wildman–Crippen LogP) is 4.46. The predicted molar refractivity (Wildman–Crippen MR) is 118 cm³/mol. The van der Waals surface area contributed by atoms with Gasteiger partial charge in [0.15, 0.2) is 11.2 Å². The van der Waals surface area contributed by atoms with Crippen molar-refractivity contribution in [3.8, 4) is 16.9 Å². The largest absolute Gasteiger partial charge is 0.489 e. The SMILES string of the molecule is Cc1csc(NC(=O)NCC2=NOC(COc3ccccc3-c3ccccc3)C2)n1. The Balaban J connectivity index is 1.24. The van der Waals surface area contributed by atoms with Gasteiger partial charge in [0.05, 0.1) is 18.0 Å². The minimum absolute atomic E-state index is 0.185. The number of aromatic nitrogens is 1. The summed E-state index contributed by atoms with van der Waals surface area (Å²) in [6, 6.07) is 17.7. The van der Waals surface area contributed by atoms with Crippen molar-refractivity contribution in [2.45, 2.75) is 19.4 Å². The summed E-state index contributed by atoms with van der Waals surface area (Å²) in [5, 5.41) is 12.0. The Hall–Kier alpha value is -3.39. The summed E-state index contributed by atoms with van der Waals surface area (Å²) in [5.41, 5.74) is 3.78. The number of amides is 2. The van der Waals surface area contributed by atoms with Crippen LogP contribution in [0.4, 0.5) is 9.93 Å². The molecule has 3 aromatic rings. The number of nitrogens with one attached hydrogen (secondary N) is 2. The van der Waals surface area contributed by atoms with Gasteiger partial charge in [-0.25, -0.2) is 9.78 Å². The number of nitrogens with zero attached hydrogens (tertiary/aromatic N) is 2. The minimum Gasteiger partial charge on any atom is -0.489 e. The molecule has 1 aliphatic rings. The van der Waals surface area contributed by atoms with Gasteiger partial charge in [0.2, 0.25) is 0 Å². The molecule has 154 valence electrons. The van der Waals surface area contributed by atoms with Gasteiger partial charge >= 0.3 is 6.03 Å². The lowest BCUT2D eigenvalue weighted by Gasteiger charge is -2.14. The molecule has 30 heavy (non-hydrogen) atoms. The molecular weight excluding hydrogens is 400 g/mol. The fraction of sp³-hybridized carbons (Fsp3) is 0.227. The molecule has 1 atom stereocenters. The molecule has 2 N–H and O–H groups in total. The Kier molecular flexibility index (Phi) is 6.24. The molecule has 1 unspecified atom stereocenters. The average molecular weight is 423 g/mol. The molecule has 7 nitrogen and oxygen atoms in total. The molecule has 4 rings (SSSR count). The number of oxime groups is 1. The number of para-hydroxylation sites is 1. The Morgan fingerprint density at radius 3 is 2.80 bits per heavy atom. The molecule has 0 radical (unpaired) electrons. The number of carbonyl (C=O) groups is 1. The van der Waals surface area contributed by atoms with E-state index in [1.165, 1.54) is 11.3 Å². The maximum Gasteiger partial charge on any atom is 0.321 e. The molecule has 8 heteroatoms. The van der Waals surface area contributed by atoms with E-state index >= 15 is 0 Å². The van der Waals surface area contributed by atoms with Crippen LogP contribution in [0.5, 0.6) is 5.75 Å². The quantitative estimate of drug-likeness (QED) is 0.589. The van der Waals surface area contributed by atoms with Crippen LogP contribution in [0.1, 0.15) is 12.1 Å². The van der Waals surface area contributed by atoms with Crippen molar-refractivity contribution in [3.05, 3.63) is 65.7 Å². The second-order valence-electron chi connectivity index (χ2n) is 6.86. The molecule has 1 aliphatic heterocycles. The van der Waals surface area contributed by atoms with Crippen LogP contribution in [0.15, 0.2) is 65.1 Å². The Bertz CT molecular complexity index is 1040. The Labute approximate surface area is 178 Å². The summed E-state index contributed by atoms with van der Waals surface area (Å²) in [5.74, 6) is 0.803. The van der Waals surface area contributed by atoms with Crippen LogP contribution in [-0.4, -0.2) is 36.0 Å². The van der Waals surface area contributed by atoms with Gasteiger partial charge in [0.1, 0.15) is 12.4 Å². The molecule has 2 amide bonds. The second-order valence-corrected chi connectivity index (χ2v) is 7.72. The Morgan fingerprint density at radius 2 is 2.00 bits per heavy atom. The molecule has 0 spiro atoms. The maximum atomic E-state index is 12.0. The molecule has 0 bridgehead atoms. The van der Waals surface area contributed by atoms with Crippen molar-refractivity contribution in [1.29, 1.82) is 0 Å². The fourth-order valence-electron chi connectivity index (χ4n) is 3.05. The first-order valence-electron chi connectivity index (χ1n) is 9.63. The van der Waals surface area contributed by atoms with E-state index in [1.807, 2.05) is 54.8 Å². The van der Waals surface area contributed by atoms with E-state index < -0.39 is 0 Å². The molecule has 0 fully saturated rings. The van der Waals surface area contributed by atoms with Gasteiger partial charge in [-0.1, -0.05) is 53.7 Å². The number of aryl methyl sites for hydroxylation is 1. The zero-order valence-corrected chi connectivity index (χ0v) is 17.3. The standard InChI is InChI=1S/C22H22N4O3S/c1-15-14-30-22(24-15)25-21(27)23-12-17-11-18(29-26-17)13-28-20-10-6-5-9-19(20)16-7-3-2-4-8-16/h2-10,14,18H,11-13H2,1H3,(H2,23,24,25,27). The van der Waals surface area contributed by atoms with Crippen molar-refractivity contribution in [2.75, 3.05) is 18.5 Å². The van der Waals surface area contributed by atoms with Crippen molar-refractivity contribution < 1.29 is 14.4 Å². The number of rotatable bonds is 7. The van der Waals surface area contributed by atoms with Gasteiger partial charge < -0.3 is 14.9 Å². The number of ether oxygens (including phenoxy) is 1. The monoisotopic (exact) mass is 422 g/mol. The van der Waals surface area contributed by atoms with Crippen molar-refractivity contribution in [1.82, 2.24) is 10.3 Å². The first kappa shape index (κ1) is 19.9. The third kappa shape index (κ3) is 5.15. The van der Waals surface area contributed by atoms with Crippen LogP contribution in [0.25, 0.3) is 11.1 Å². The van der Waals surface area contributed by atoms with E-state index in [2.05, 4.69) is 32.9 Å². The summed E-state index contributed by atoms with van der Waals surface area (Å²) in [4.78, 5) is 21.6. The summed E-state index contributed by atoms with van der Waals surface area (Å²) < 4.78 is 6.03. The molecule has 0 saturated heterocycles. The average Bonchev–Trinajstić information content (AvgIpc) is 3.40. The maximum absolute atomic E-state index is 12.0. The highest BCUT2D eigenvalue weighted by Gasteiger charge is 2.22. The molecular formula is C22H22N4O3S. The van der Waals surface area contributed by atoms with Crippen molar-refractivity contribution >= 4 is 28.2 Å². The molecule has 0 aliphatic carbocycles. The Morgan fingerprint density at radius 1 is 1.20 bits per heavy atom. The van der Waals surface area contributed by atoms with E-state index in [-0.39, 0.29) is 12.1 Å². The zero-order valence-electron chi connectivity index (χ0n) is 16.5. The van der Waals surface area contributed by atoms with E-state index in [1.54, 1.807) is 0 Å². The van der Waals surface area contributed by atoms with Crippen LogP contribution in [-0.2, 0) is 4.84 Å².